The quantitative estimate of drug-likeness (QED) is 0.718. The summed E-state index contributed by atoms with van der Waals surface area (Å²) in [7, 11) is 0. The van der Waals surface area contributed by atoms with E-state index in [2.05, 4.69) is 4.90 Å². The molecule has 0 heterocycles. The van der Waals surface area contributed by atoms with Crippen molar-refractivity contribution >= 4 is 5.91 Å². The average Bonchev–Trinajstić information content (AvgIpc) is 2.79. The van der Waals surface area contributed by atoms with Crippen LogP contribution in [0, 0.1) is 5.92 Å². The molecule has 2 nitrogen and oxygen atoms in total. The van der Waals surface area contributed by atoms with Crippen molar-refractivity contribution in [2.75, 3.05) is 6.54 Å². The first-order chi connectivity index (χ1) is 7.77. The highest BCUT2D eigenvalue weighted by Crippen LogP contribution is 2.29. The van der Waals surface area contributed by atoms with E-state index in [1.807, 2.05) is 0 Å². The maximum atomic E-state index is 11.8. The lowest BCUT2D eigenvalue weighted by molar-refractivity contribution is -0.132. The zero-order chi connectivity index (χ0) is 11.4. The molecule has 0 radical (unpaired) electrons. The van der Waals surface area contributed by atoms with Crippen molar-refractivity contribution in [2.24, 2.45) is 5.92 Å². The van der Waals surface area contributed by atoms with E-state index in [4.69, 9.17) is 0 Å². The topological polar surface area (TPSA) is 20.3 Å². The molecular weight excluding hydrogens is 198 g/mol. The molecule has 2 fully saturated rings. The minimum atomic E-state index is 0.304. The van der Waals surface area contributed by atoms with Crippen molar-refractivity contribution in [1.82, 2.24) is 4.90 Å². The maximum absolute atomic E-state index is 11.8. The Labute approximate surface area is 99.4 Å². The van der Waals surface area contributed by atoms with Gasteiger partial charge >= 0.3 is 0 Å². The van der Waals surface area contributed by atoms with Crippen LogP contribution in [-0.4, -0.2) is 23.4 Å². The van der Waals surface area contributed by atoms with Gasteiger partial charge in [0.2, 0.25) is 5.91 Å². The van der Waals surface area contributed by atoms with Crippen molar-refractivity contribution in [1.29, 1.82) is 0 Å². The van der Waals surface area contributed by atoms with Crippen molar-refractivity contribution in [3.05, 3.63) is 0 Å². The smallest absolute Gasteiger partial charge is 0.219 e. The van der Waals surface area contributed by atoms with Crippen LogP contribution in [0.3, 0.4) is 0 Å². The van der Waals surface area contributed by atoms with Gasteiger partial charge in [-0.05, 0) is 31.6 Å². The second kappa shape index (κ2) is 5.70. The number of rotatable bonds is 3. The maximum Gasteiger partial charge on any atom is 0.219 e. The van der Waals surface area contributed by atoms with Crippen LogP contribution in [0.2, 0.25) is 0 Å². The van der Waals surface area contributed by atoms with Crippen LogP contribution in [0.25, 0.3) is 0 Å². The molecule has 0 spiro atoms. The molecule has 16 heavy (non-hydrogen) atoms. The number of nitrogens with zero attached hydrogens (tertiary/aromatic N) is 1. The predicted octanol–water partition coefficient (Wildman–Crippen LogP) is 3.36. The normalized spacial score (nSPS) is 23.6. The molecule has 0 aromatic carbocycles. The highest BCUT2D eigenvalue weighted by Gasteiger charge is 2.26. The molecule has 2 rings (SSSR count). The summed E-state index contributed by atoms with van der Waals surface area (Å²) >= 11 is 0. The Morgan fingerprint density at radius 2 is 1.56 bits per heavy atom. The van der Waals surface area contributed by atoms with Crippen LogP contribution < -0.4 is 0 Å². The Kier molecular flexibility index (Phi) is 4.25. The van der Waals surface area contributed by atoms with E-state index in [-0.39, 0.29) is 0 Å². The van der Waals surface area contributed by atoms with Crippen LogP contribution in [0.15, 0.2) is 0 Å². The van der Waals surface area contributed by atoms with Crippen LogP contribution in [0.1, 0.15) is 64.7 Å². The van der Waals surface area contributed by atoms with E-state index in [1.54, 1.807) is 6.92 Å². The molecule has 0 saturated heterocycles. The van der Waals surface area contributed by atoms with Crippen LogP contribution in [-0.2, 0) is 4.79 Å². The van der Waals surface area contributed by atoms with E-state index in [0.717, 1.165) is 12.5 Å². The van der Waals surface area contributed by atoms with E-state index in [9.17, 15) is 4.79 Å². The zero-order valence-electron chi connectivity index (χ0n) is 10.6. The monoisotopic (exact) mass is 223 g/mol. The lowest BCUT2D eigenvalue weighted by atomic mass is 9.93. The standard InChI is InChI=1S/C14H25NO/c1-12(16)15(11-13-7-5-6-8-13)14-9-3-2-4-10-14/h13-14H,2-11H2,1H3. The Morgan fingerprint density at radius 1 is 1.00 bits per heavy atom. The van der Waals surface area contributed by atoms with Crippen molar-refractivity contribution in [3.8, 4) is 0 Å². The molecule has 2 heteroatoms. The predicted molar refractivity (Wildman–Crippen MR) is 66.2 cm³/mol. The summed E-state index contributed by atoms with van der Waals surface area (Å²) in [5, 5.41) is 0. The Balaban J connectivity index is 1.90. The van der Waals surface area contributed by atoms with Gasteiger partial charge in [-0.3, -0.25) is 4.79 Å². The highest BCUT2D eigenvalue weighted by molar-refractivity contribution is 5.73. The van der Waals surface area contributed by atoms with Crippen LogP contribution in [0.5, 0.6) is 0 Å². The first-order valence-electron chi connectivity index (χ1n) is 7.04. The van der Waals surface area contributed by atoms with Crippen LogP contribution in [0.4, 0.5) is 0 Å². The molecule has 0 unspecified atom stereocenters. The van der Waals surface area contributed by atoms with Crippen molar-refractivity contribution < 1.29 is 4.79 Å². The number of carbonyl (C=O) groups is 1. The molecule has 2 saturated carbocycles. The largest absolute Gasteiger partial charge is 0.340 e. The lowest BCUT2D eigenvalue weighted by Gasteiger charge is -2.35. The van der Waals surface area contributed by atoms with Gasteiger partial charge in [0, 0.05) is 19.5 Å². The Morgan fingerprint density at radius 3 is 2.12 bits per heavy atom. The van der Waals surface area contributed by atoms with E-state index >= 15 is 0 Å². The van der Waals surface area contributed by atoms with Gasteiger partial charge in [-0.1, -0.05) is 32.1 Å². The first kappa shape index (κ1) is 11.9. The number of amides is 1. The van der Waals surface area contributed by atoms with Gasteiger partial charge < -0.3 is 4.90 Å². The SMILES string of the molecule is CC(=O)N(CC1CCCC1)C1CCCCC1. The second-order valence-electron chi connectivity index (χ2n) is 5.61. The van der Waals surface area contributed by atoms with Gasteiger partial charge in [0.05, 0.1) is 0 Å². The van der Waals surface area contributed by atoms with Gasteiger partial charge in [0.1, 0.15) is 0 Å². The lowest BCUT2D eigenvalue weighted by Crippen LogP contribution is -2.42. The number of hydrogen-bond acceptors (Lipinski definition) is 1. The van der Waals surface area contributed by atoms with E-state index in [1.165, 1.54) is 57.8 Å². The van der Waals surface area contributed by atoms with E-state index in [0.29, 0.717) is 11.9 Å². The third-order valence-corrected chi connectivity index (χ3v) is 4.35. The second-order valence-corrected chi connectivity index (χ2v) is 5.61. The summed E-state index contributed by atoms with van der Waals surface area (Å²) in [5.74, 6) is 1.10. The fourth-order valence-corrected chi connectivity index (χ4v) is 3.40. The molecular formula is C14H25NO. The molecule has 2 aliphatic rings. The first-order valence-corrected chi connectivity index (χ1v) is 7.04. The van der Waals surface area contributed by atoms with Gasteiger partial charge in [-0.15, -0.1) is 0 Å². The molecule has 0 N–H and O–H groups in total. The van der Waals surface area contributed by atoms with Gasteiger partial charge in [-0.25, -0.2) is 0 Å². The Hall–Kier alpha value is -0.530. The van der Waals surface area contributed by atoms with Gasteiger partial charge in [-0.2, -0.15) is 0 Å². The molecule has 0 atom stereocenters. The minimum absolute atomic E-state index is 0.304. The van der Waals surface area contributed by atoms with Gasteiger partial charge in [0.25, 0.3) is 0 Å². The minimum Gasteiger partial charge on any atom is -0.340 e. The van der Waals surface area contributed by atoms with Crippen LogP contribution >= 0.6 is 0 Å². The molecule has 0 aromatic rings. The molecule has 0 aliphatic heterocycles. The average molecular weight is 223 g/mol. The summed E-state index contributed by atoms with van der Waals surface area (Å²) in [6.07, 6.45) is 11.9. The van der Waals surface area contributed by atoms with Gasteiger partial charge in [0.15, 0.2) is 0 Å². The fourth-order valence-electron chi connectivity index (χ4n) is 3.40. The summed E-state index contributed by atoms with van der Waals surface area (Å²) in [6.45, 7) is 2.80. The number of hydrogen-bond donors (Lipinski definition) is 0. The third-order valence-electron chi connectivity index (χ3n) is 4.35. The Bertz CT molecular complexity index is 227. The highest BCUT2D eigenvalue weighted by atomic mass is 16.2. The molecule has 0 bridgehead atoms. The number of carbonyl (C=O) groups excluding carboxylic acids is 1. The van der Waals surface area contributed by atoms with Crippen molar-refractivity contribution in [3.63, 3.8) is 0 Å². The summed E-state index contributed by atoms with van der Waals surface area (Å²) in [6, 6.07) is 0.562. The molecule has 2 aliphatic carbocycles. The molecule has 0 aromatic heterocycles. The molecule has 92 valence electrons. The zero-order valence-corrected chi connectivity index (χ0v) is 10.6. The third kappa shape index (κ3) is 2.99. The van der Waals surface area contributed by atoms with Crippen molar-refractivity contribution in [2.45, 2.75) is 70.8 Å². The molecule has 1 amide bonds. The fraction of sp³-hybridized carbons (Fsp3) is 0.929. The summed E-state index contributed by atoms with van der Waals surface area (Å²) < 4.78 is 0. The van der Waals surface area contributed by atoms with E-state index < -0.39 is 0 Å². The summed E-state index contributed by atoms with van der Waals surface area (Å²) in [5.41, 5.74) is 0. The summed E-state index contributed by atoms with van der Waals surface area (Å²) in [4.78, 5) is 13.9.